The van der Waals surface area contributed by atoms with Gasteiger partial charge in [0.15, 0.2) is 0 Å². The average molecular weight is 338 g/mol. The maximum absolute atomic E-state index is 9.99. The quantitative estimate of drug-likeness (QED) is 0.874. The summed E-state index contributed by atoms with van der Waals surface area (Å²) < 4.78 is 1.24. The van der Waals surface area contributed by atoms with Gasteiger partial charge in [0.25, 0.3) is 0 Å². The van der Waals surface area contributed by atoms with E-state index < -0.39 is 0 Å². The number of hydrogen-bond donors (Lipinski definition) is 2. The smallest absolute Gasteiger partial charge is 0.0580 e. The molecular weight excluding hydrogens is 314 g/mol. The zero-order valence-electron chi connectivity index (χ0n) is 11.9. The van der Waals surface area contributed by atoms with Crippen molar-refractivity contribution in [3.8, 4) is 0 Å². The Morgan fingerprint density at radius 3 is 2.65 bits per heavy atom. The lowest BCUT2D eigenvalue weighted by Crippen LogP contribution is -2.44. The summed E-state index contributed by atoms with van der Waals surface area (Å²) >= 11 is 3.65. The minimum absolute atomic E-state index is 0.0737. The van der Waals surface area contributed by atoms with Gasteiger partial charge in [-0.25, -0.2) is 0 Å². The largest absolute Gasteiger partial charge is 0.393 e. The van der Waals surface area contributed by atoms with Crippen molar-refractivity contribution in [3.63, 3.8) is 0 Å². The molecule has 0 radical (unpaired) electrons. The molecule has 2 aliphatic carbocycles. The van der Waals surface area contributed by atoms with Crippen LogP contribution in [-0.2, 0) is 0 Å². The summed E-state index contributed by atoms with van der Waals surface area (Å²) in [6.45, 7) is 0.995. The van der Waals surface area contributed by atoms with E-state index in [9.17, 15) is 5.11 Å². The van der Waals surface area contributed by atoms with Crippen LogP contribution in [0.15, 0.2) is 28.7 Å². The SMILES string of the molecule is OC1CCCCC1CNC1CC(c2ccccc2Br)C1. The third-order valence-electron chi connectivity index (χ3n) is 5.02. The van der Waals surface area contributed by atoms with Gasteiger partial charge in [-0.05, 0) is 49.1 Å². The molecule has 0 heterocycles. The van der Waals surface area contributed by atoms with Gasteiger partial charge in [0.1, 0.15) is 0 Å². The Morgan fingerprint density at radius 1 is 1.15 bits per heavy atom. The van der Waals surface area contributed by atoms with Crippen LogP contribution in [0.2, 0.25) is 0 Å². The molecular formula is C17H24BrNO. The molecule has 1 aromatic rings. The second kappa shape index (κ2) is 6.59. The molecule has 2 aliphatic rings. The van der Waals surface area contributed by atoms with E-state index in [-0.39, 0.29) is 6.10 Å². The summed E-state index contributed by atoms with van der Waals surface area (Å²) in [7, 11) is 0. The second-order valence-electron chi connectivity index (χ2n) is 6.41. The van der Waals surface area contributed by atoms with Crippen molar-refractivity contribution in [2.24, 2.45) is 5.92 Å². The van der Waals surface area contributed by atoms with Crippen LogP contribution in [0.3, 0.4) is 0 Å². The van der Waals surface area contributed by atoms with Gasteiger partial charge in [-0.1, -0.05) is 47.0 Å². The molecule has 2 saturated carbocycles. The minimum Gasteiger partial charge on any atom is -0.393 e. The lowest BCUT2D eigenvalue weighted by Gasteiger charge is -2.38. The van der Waals surface area contributed by atoms with Crippen molar-refractivity contribution in [1.82, 2.24) is 5.32 Å². The Bertz CT molecular complexity index is 444. The molecule has 0 spiro atoms. The zero-order chi connectivity index (χ0) is 13.9. The van der Waals surface area contributed by atoms with Crippen LogP contribution < -0.4 is 5.32 Å². The first-order valence-corrected chi connectivity index (χ1v) is 8.69. The molecule has 0 aliphatic heterocycles. The number of halogens is 1. The van der Waals surface area contributed by atoms with Crippen LogP contribution in [0.1, 0.15) is 50.0 Å². The molecule has 1 aromatic carbocycles. The standard InChI is InChI=1S/C17H24BrNO/c18-16-7-3-2-6-15(16)13-9-14(10-13)19-11-12-5-1-4-8-17(12)20/h2-3,6-7,12-14,17,19-20H,1,4-5,8-11H2. The van der Waals surface area contributed by atoms with Crippen LogP contribution in [0, 0.1) is 5.92 Å². The lowest BCUT2D eigenvalue weighted by molar-refractivity contribution is 0.0655. The second-order valence-corrected chi connectivity index (χ2v) is 7.26. The van der Waals surface area contributed by atoms with Gasteiger partial charge in [0.2, 0.25) is 0 Å². The summed E-state index contributed by atoms with van der Waals surface area (Å²) in [6, 6.07) is 9.21. The first-order chi connectivity index (χ1) is 9.74. The fourth-order valence-electron chi connectivity index (χ4n) is 3.59. The van der Waals surface area contributed by atoms with Crippen molar-refractivity contribution in [1.29, 1.82) is 0 Å². The normalized spacial score (nSPS) is 33.7. The minimum atomic E-state index is -0.0737. The molecule has 2 unspecified atom stereocenters. The highest BCUT2D eigenvalue weighted by Gasteiger charge is 2.32. The van der Waals surface area contributed by atoms with Crippen molar-refractivity contribution in [2.75, 3.05) is 6.54 Å². The zero-order valence-corrected chi connectivity index (χ0v) is 13.5. The molecule has 0 aromatic heterocycles. The summed E-state index contributed by atoms with van der Waals surface area (Å²) in [5.74, 6) is 1.17. The number of aliphatic hydroxyl groups excluding tert-OH is 1. The summed E-state index contributed by atoms with van der Waals surface area (Å²) in [5.41, 5.74) is 1.45. The summed E-state index contributed by atoms with van der Waals surface area (Å²) in [6.07, 6.45) is 7.05. The highest BCUT2D eigenvalue weighted by atomic mass is 79.9. The highest BCUT2D eigenvalue weighted by molar-refractivity contribution is 9.10. The fourth-order valence-corrected chi connectivity index (χ4v) is 4.20. The number of benzene rings is 1. The number of rotatable bonds is 4. The predicted molar refractivity (Wildman–Crippen MR) is 85.9 cm³/mol. The Balaban J connectivity index is 1.43. The fraction of sp³-hybridized carbons (Fsp3) is 0.647. The third kappa shape index (κ3) is 3.26. The van der Waals surface area contributed by atoms with Gasteiger partial charge in [0, 0.05) is 17.1 Å². The molecule has 2 atom stereocenters. The lowest BCUT2D eigenvalue weighted by atomic mass is 9.75. The molecule has 2 fully saturated rings. The molecule has 110 valence electrons. The summed E-state index contributed by atoms with van der Waals surface area (Å²) in [4.78, 5) is 0. The average Bonchev–Trinajstić information content (AvgIpc) is 2.41. The van der Waals surface area contributed by atoms with Crippen LogP contribution in [-0.4, -0.2) is 23.8 Å². The molecule has 0 amide bonds. The van der Waals surface area contributed by atoms with E-state index >= 15 is 0 Å². The van der Waals surface area contributed by atoms with Crippen LogP contribution in [0.25, 0.3) is 0 Å². The first-order valence-electron chi connectivity index (χ1n) is 7.90. The van der Waals surface area contributed by atoms with Gasteiger partial charge >= 0.3 is 0 Å². The first kappa shape index (κ1) is 14.6. The Kier molecular flexibility index (Phi) is 4.79. The topological polar surface area (TPSA) is 32.3 Å². The highest BCUT2D eigenvalue weighted by Crippen LogP contribution is 2.40. The van der Waals surface area contributed by atoms with Crippen LogP contribution in [0.5, 0.6) is 0 Å². The Labute approximate surface area is 130 Å². The van der Waals surface area contributed by atoms with E-state index in [1.54, 1.807) is 0 Å². The van der Waals surface area contributed by atoms with Crippen molar-refractivity contribution >= 4 is 15.9 Å². The van der Waals surface area contributed by atoms with Crippen LogP contribution >= 0.6 is 15.9 Å². The van der Waals surface area contributed by atoms with E-state index in [4.69, 9.17) is 0 Å². The van der Waals surface area contributed by atoms with E-state index in [1.165, 1.54) is 42.1 Å². The van der Waals surface area contributed by atoms with E-state index in [1.807, 2.05) is 0 Å². The van der Waals surface area contributed by atoms with Gasteiger partial charge < -0.3 is 10.4 Å². The van der Waals surface area contributed by atoms with Crippen molar-refractivity contribution in [2.45, 2.75) is 56.6 Å². The Hall–Kier alpha value is -0.380. The van der Waals surface area contributed by atoms with Gasteiger partial charge in [0.05, 0.1) is 6.10 Å². The van der Waals surface area contributed by atoms with Gasteiger partial charge in [-0.3, -0.25) is 0 Å². The summed E-state index contributed by atoms with van der Waals surface area (Å²) in [5, 5.41) is 13.7. The van der Waals surface area contributed by atoms with Gasteiger partial charge in [-0.15, -0.1) is 0 Å². The third-order valence-corrected chi connectivity index (χ3v) is 5.74. The number of nitrogens with one attached hydrogen (secondary N) is 1. The molecule has 2 nitrogen and oxygen atoms in total. The maximum atomic E-state index is 9.99. The molecule has 2 N–H and O–H groups in total. The van der Waals surface area contributed by atoms with E-state index in [0.29, 0.717) is 17.9 Å². The van der Waals surface area contributed by atoms with Crippen molar-refractivity contribution < 1.29 is 5.11 Å². The molecule has 0 bridgehead atoms. The number of hydrogen-bond acceptors (Lipinski definition) is 2. The molecule has 3 rings (SSSR count). The van der Waals surface area contributed by atoms with Gasteiger partial charge in [-0.2, -0.15) is 0 Å². The molecule has 3 heteroatoms. The molecule has 0 saturated heterocycles. The van der Waals surface area contributed by atoms with E-state index in [0.717, 1.165) is 13.0 Å². The van der Waals surface area contributed by atoms with Crippen molar-refractivity contribution in [3.05, 3.63) is 34.3 Å². The Morgan fingerprint density at radius 2 is 1.90 bits per heavy atom. The van der Waals surface area contributed by atoms with Crippen LogP contribution in [0.4, 0.5) is 0 Å². The monoisotopic (exact) mass is 337 g/mol. The number of aliphatic hydroxyl groups is 1. The predicted octanol–water partition coefficient (Wildman–Crippen LogP) is 3.84. The maximum Gasteiger partial charge on any atom is 0.0580 e. The van der Waals surface area contributed by atoms with E-state index in [2.05, 4.69) is 45.5 Å². The molecule has 20 heavy (non-hydrogen) atoms.